The van der Waals surface area contributed by atoms with Gasteiger partial charge < -0.3 is 5.32 Å². The summed E-state index contributed by atoms with van der Waals surface area (Å²) >= 11 is 0. The Kier molecular flexibility index (Phi) is 6.65. The van der Waals surface area contributed by atoms with Crippen LogP contribution in [0.15, 0.2) is 75.4 Å². The van der Waals surface area contributed by atoms with Crippen LogP contribution in [0.2, 0.25) is 0 Å². The molecule has 1 amide bonds. The van der Waals surface area contributed by atoms with Crippen LogP contribution in [0.1, 0.15) is 30.9 Å². The average Bonchev–Trinajstić information content (AvgIpc) is 2.75. The van der Waals surface area contributed by atoms with E-state index < -0.39 is 27.8 Å². The number of nitrogens with zero attached hydrogens (tertiary/aromatic N) is 2. The summed E-state index contributed by atoms with van der Waals surface area (Å²) in [6.45, 7) is 3.69. The molecule has 0 aliphatic heterocycles. The molecule has 1 heterocycles. The van der Waals surface area contributed by atoms with Gasteiger partial charge in [-0.05, 0) is 47.4 Å². The van der Waals surface area contributed by atoms with Crippen molar-refractivity contribution >= 4 is 15.7 Å². The Hall–Kier alpha value is -3.33. The molecule has 3 rings (SSSR count). The minimum absolute atomic E-state index is 0.0513. The van der Waals surface area contributed by atoms with E-state index in [0.717, 1.165) is 22.4 Å². The largest absolute Gasteiger partial charge is 0.350 e. The van der Waals surface area contributed by atoms with Crippen molar-refractivity contribution in [1.82, 2.24) is 15.1 Å². The molecule has 1 aromatic heterocycles. The van der Waals surface area contributed by atoms with Gasteiger partial charge in [0.05, 0.1) is 4.90 Å². The third kappa shape index (κ3) is 5.43. The summed E-state index contributed by atoms with van der Waals surface area (Å²) in [4.78, 5) is 24.3. The molecule has 0 fully saturated rings. The van der Waals surface area contributed by atoms with Gasteiger partial charge in [0.25, 0.3) is 5.56 Å². The van der Waals surface area contributed by atoms with Gasteiger partial charge in [-0.15, -0.1) is 0 Å². The number of amides is 1. The van der Waals surface area contributed by atoms with Gasteiger partial charge in [0.2, 0.25) is 15.7 Å². The molecule has 0 unspecified atom stereocenters. The topological polar surface area (TPSA) is 98.1 Å². The number of hydrogen-bond donors (Lipinski definition) is 1. The van der Waals surface area contributed by atoms with E-state index >= 15 is 0 Å². The summed E-state index contributed by atoms with van der Waals surface area (Å²) in [5, 5.41) is 6.16. The van der Waals surface area contributed by atoms with Crippen LogP contribution in [0.4, 0.5) is 4.39 Å². The maximum absolute atomic E-state index is 12.9. The molecule has 31 heavy (non-hydrogen) atoms. The fourth-order valence-electron chi connectivity index (χ4n) is 2.83. The normalized spacial score (nSPS) is 11.5. The number of rotatable bonds is 7. The van der Waals surface area contributed by atoms with Crippen LogP contribution in [0.3, 0.4) is 0 Å². The zero-order valence-corrected chi connectivity index (χ0v) is 17.9. The molecule has 9 heteroatoms. The van der Waals surface area contributed by atoms with Crippen LogP contribution in [-0.2, 0) is 27.7 Å². The first-order valence-electron chi connectivity index (χ1n) is 9.61. The van der Waals surface area contributed by atoms with Gasteiger partial charge in [-0.1, -0.05) is 38.1 Å². The standard InChI is InChI=1S/C22H22FN3O4S/c1-15(2)17-5-9-19(10-6-17)31(29,30)21-11-12-22(28)26(25-21)14-20(27)24-13-16-3-7-18(23)8-4-16/h3-12,15H,13-14H2,1-2H3,(H,24,27). The van der Waals surface area contributed by atoms with E-state index in [0.29, 0.717) is 5.56 Å². The van der Waals surface area contributed by atoms with Crippen LogP contribution in [0.25, 0.3) is 0 Å². The van der Waals surface area contributed by atoms with Crippen molar-refractivity contribution in [1.29, 1.82) is 0 Å². The fourth-order valence-corrected chi connectivity index (χ4v) is 4.02. The summed E-state index contributed by atoms with van der Waals surface area (Å²) in [7, 11) is -3.95. The van der Waals surface area contributed by atoms with E-state index in [1.807, 2.05) is 13.8 Å². The summed E-state index contributed by atoms with van der Waals surface area (Å²) in [5.41, 5.74) is 1.07. The lowest BCUT2D eigenvalue weighted by Gasteiger charge is -2.10. The van der Waals surface area contributed by atoms with Gasteiger partial charge in [-0.3, -0.25) is 9.59 Å². The quantitative estimate of drug-likeness (QED) is 0.605. The monoisotopic (exact) mass is 443 g/mol. The van der Waals surface area contributed by atoms with Gasteiger partial charge in [-0.25, -0.2) is 17.5 Å². The Morgan fingerprint density at radius 1 is 1.03 bits per heavy atom. The SMILES string of the molecule is CC(C)c1ccc(S(=O)(=O)c2ccc(=O)n(CC(=O)NCc3ccc(F)cc3)n2)cc1. The highest BCUT2D eigenvalue weighted by atomic mass is 32.2. The second kappa shape index (κ2) is 9.22. The molecule has 0 saturated carbocycles. The number of nitrogens with one attached hydrogen (secondary N) is 1. The number of aromatic nitrogens is 2. The third-order valence-corrected chi connectivity index (χ3v) is 6.33. The molecule has 0 radical (unpaired) electrons. The highest BCUT2D eigenvalue weighted by Crippen LogP contribution is 2.21. The molecular weight excluding hydrogens is 421 g/mol. The Morgan fingerprint density at radius 3 is 2.29 bits per heavy atom. The van der Waals surface area contributed by atoms with Gasteiger partial charge in [0.15, 0.2) is 5.03 Å². The molecule has 0 spiro atoms. The highest BCUT2D eigenvalue weighted by Gasteiger charge is 2.21. The molecule has 0 aliphatic rings. The molecule has 0 saturated heterocycles. The first kappa shape index (κ1) is 22.4. The van der Waals surface area contributed by atoms with E-state index in [1.165, 1.54) is 36.4 Å². The fraction of sp³-hybridized carbons (Fsp3) is 0.227. The number of hydrogen-bond acceptors (Lipinski definition) is 5. The molecule has 1 N–H and O–H groups in total. The van der Waals surface area contributed by atoms with E-state index in [1.54, 1.807) is 12.1 Å². The Labute approximate surface area is 179 Å². The average molecular weight is 444 g/mol. The lowest BCUT2D eigenvalue weighted by molar-refractivity contribution is -0.122. The Balaban J connectivity index is 1.76. The van der Waals surface area contributed by atoms with Crippen molar-refractivity contribution in [2.45, 2.75) is 42.8 Å². The summed E-state index contributed by atoms with van der Waals surface area (Å²) in [6, 6.07) is 14.2. The van der Waals surface area contributed by atoms with Crippen LogP contribution in [-0.4, -0.2) is 24.1 Å². The second-order valence-corrected chi connectivity index (χ2v) is 9.19. The predicted molar refractivity (Wildman–Crippen MR) is 113 cm³/mol. The number of halogens is 1. The molecule has 3 aromatic rings. The van der Waals surface area contributed by atoms with Crippen molar-refractivity contribution < 1.29 is 17.6 Å². The van der Waals surface area contributed by atoms with Crippen LogP contribution in [0, 0.1) is 5.82 Å². The zero-order chi connectivity index (χ0) is 22.6. The van der Waals surface area contributed by atoms with Crippen molar-refractivity contribution in [2.75, 3.05) is 0 Å². The van der Waals surface area contributed by atoms with E-state index in [9.17, 15) is 22.4 Å². The van der Waals surface area contributed by atoms with Gasteiger partial charge in [-0.2, -0.15) is 5.10 Å². The van der Waals surface area contributed by atoms with Crippen molar-refractivity contribution in [2.24, 2.45) is 0 Å². The van der Waals surface area contributed by atoms with E-state index in [4.69, 9.17) is 0 Å². The predicted octanol–water partition coefficient (Wildman–Crippen LogP) is 2.66. The first-order chi connectivity index (χ1) is 14.7. The summed E-state index contributed by atoms with van der Waals surface area (Å²) < 4.78 is 39.5. The number of sulfone groups is 1. The maximum Gasteiger partial charge on any atom is 0.267 e. The van der Waals surface area contributed by atoms with Gasteiger partial charge >= 0.3 is 0 Å². The Bertz CT molecular complexity index is 1230. The minimum atomic E-state index is -3.95. The molecule has 7 nitrogen and oxygen atoms in total. The van der Waals surface area contributed by atoms with E-state index in [-0.39, 0.29) is 28.2 Å². The molecule has 2 aromatic carbocycles. The summed E-state index contributed by atoms with van der Waals surface area (Å²) in [5.74, 6) is -0.664. The molecule has 0 aliphatic carbocycles. The lowest BCUT2D eigenvalue weighted by atomic mass is 10.0. The van der Waals surface area contributed by atoms with Crippen LogP contribution < -0.4 is 10.9 Å². The van der Waals surface area contributed by atoms with Crippen molar-refractivity contribution in [3.63, 3.8) is 0 Å². The van der Waals surface area contributed by atoms with E-state index in [2.05, 4.69) is 10.4 Å². The maximum atomic E-state index is 12.9. The summed E-state index contributed by atoms with van der Waals surface area (Å²) in [6.07, 6.45) is 0. The third-order valence-electron chi connectivity index (χ3n) is 4.67. The minimum Gasteiger partial charge on any atom is -0.350 e. The smallest absolute Gasteiger partial charge is 0.267 e. The van der Waals surface area contributed by atoms with Gasteiger partial charge in [0, 0.05) is 12.6 Å². The molecule has 162 valence electrons. The highest BCUT2D eigenvalue weighted by molar-refractivity contribution is 7.91. The molecule has 0 atom stereocenters. The second-order valence-electron chi connectivity index (χ2n) is 7.30. The zero-order valence-electron chi connectivity index (χ0n) is 17.1. The molecule has 0 bridgehead atoms. The number of benzene rings is 2. The number of carbonyl (C=O) groups excluding carboxylic acids is 1. The molecular formula is C22H22FN3O4S. The van der Waals surface area contributed by atoms with Crippen molar-refractivity contribution in [3.05, 3.63) is 88.0 Å². The Morgan fingerprint density at radius 2 is 1.68 bits per heavy atom. The van der Waals surface area contributed by atoms with Crippen LogP contribution >= 0.6 is 0 Å². The van der Waals surface area contributed by atoms with Gasteiger partial charge in [0.1, 0.15) is 12.4 Å². The van der Waals surface area contributed by atoms with Crippen LogP contribution in [0.5, 0.6) is 0 Å². The first-order valence-corrected chi connectivity index (χ1v) is 11.1. The number of carbonyl (C=O) groups is 1. The van der Waals surface area contributed by atoms with Crippen molar-refractivity contribution in [3.8, 4) is 0 Å². The lowest BCUT2D eigenvalue weighted by Crippen LogP contribution is -2.33.